The van der Waals surface area contributed by atoms with E-state index in [0.717, 1.165) is 5.56 Å². The number of benzene rings is 1. The number of amides is 7. The number of ketones is 4. The van der Waals surface area contributed by atoms with Gasteiger partial charge in [-0.2, -0.15) is 0 Å². The average Bonchev–Trinajstić information content (AvgIpc) is 2.26. The lowest BCUT2D eigenvalue weighted by atomic mass is 9.83. The van der Waals surface area contributed by atoms with Crippen LogP contribution in [-0.2, 0) is 68.7 Å². The van der Waals surface area contributed by atoms with Crippen LogP contribution in [0.1, 0.15) is 159 Å². The van der Waals surface area contributed by atoms with Crippen LogP contribution in [0.25, 0.3) is 0 Å². The van der Waals surface area contributed by atoms with Gasteiger partial charge in [-0.25, -0.2) is 4.79 Å². The molecule has 22 heteroatoms. The van der Waals surface area contributed by atoms with E-state index in [1.54, 1.807) is 48.5 Å². The number of carbonyl (C=O) groups excluding carboxylic acids is 12. The molecule has 0 aromatic heterocycles. The van der Waals surface area contributed by atoms with Crippen LogP contribution in [-0.4, -0.2) is 136 Å². The van der Waals surface area contributed by atoms with Gasteiger partial charge in [-0.15, -0.1) is 6.58 Å². The summed E-state index contributed by atoms with van der Waals surface area (Å²) in [5.41, 5.74) is 5.04. The molecule has 22 nitrogen and oxygen atoms in total. The van der Waals surface area contributed by atoms with Crippen molar-refractivity contribution in [2.75, 3.05) is 13.2 Å². The third-order valence-corrected chi connectivity index (χ3v) is 17.6. The molecule has 1 saturated heterocycles. The molecule has 474 valence electrons. The first-order valence-electron chi connectivity index (χ1n) is 30.4. The molecule has 1 aromatic rings. The molecule has 2 aliphatic rings. The number of hydrogen-bond donors (Lipinski definition) is 9. The van der Waals surface area contributed by atoms with Gasteiger partial charge in [0.15, 0.2) is 23.1 Å². The Labute approximate surface area is 501 Å². The van der Waals surface area contributed by atoms with E-state index in [2.05, 4.69) is 38.5 Å². The van der Waals surface area contributed by atoms with Gasteiger partial charge in [-0.05, 0) is 61.8 Å². The van der Waals surface area contributed by atoms with E-state index in [-0.39, 0.29) is 31.1 Å². The van der Waals surface area contributed by atoms with Gasteiger partial charge in [0.25, 0.3) is 0 Å². The Morgan fingerprint density at radius 1 is 0.718 bits per heavy atom. The van der Waals surface area contributed by atoms with Crippen molar-refractivity contribution in [3.05, 3.63) is 48.6 Å². The fourth-order valence-corrected chi connectivity index (χ4v) is 10.6. The molecule has 0 bridgehead atoms. The van der Waals surface area contributed by atoms with E-state index in [4.69, 9.17) is 10.5 Å². The van der Waals surface area contributed by atoms with E-state index in [1.165, 1.54) is 19.9 Å². The first-order chi connectivity index (χ1) is 40.1. The second kappa shape index (κ2) is 34.5. The van der Waals surface area contributed by atoms with Gasteiger partial charge in [0.2, 0.25) is 41.4 Å². The highest BCUT2D eigenvalue weighted by Crippen LogP contribution is 2.45. The number of Topliss-reactive ketones (excluding diaryl/α,β-unsaturated/α-hetero) is 4. The van der Waals surface area contributed by atoms with Crippen LogP contribution in [0.5, 0.6) is 0 Å². The molecule has 1 aliphatic carbocycles. The first kappa shape index (κ1) is 72.6. The number of cyclic esters (lactones) is 1. The van der Waals surface area contributed by atoms with E-state index in [0.29, 0.717) is 38.5 Å². The number of carbonyl (C=O) groups is 12. The molecule has 10 N–H and O–H groups in total. The molecular weight excluding hydrogens is 1090 g/mol. The number of ether oxygens (including phenoxy) is 1. The normalized spacial score (nSPS) is 23.9. The van der Waals surface area contributed by atoms with Gasteiger partial charge < -0.3 is 52.6 Å². The molecule has 1 aliphatic heterocycles. The zero-order chi connectivity index (χ0) is 64.0. The van der Waals surface area contributed by atoms with Crippen molar-refractivity contribution in [1.29, 1.82) is 0 Å². The number of nitrogens with one attached hydrogen (secondary N) is 6. The predicted octanol–water partition coefficient (Wildman–Crippen LogP) is 3.44. The number of hydrogen-bond acceptors (Lipinski definition) is 15. The van der Waals surface area contributed by atoms with Crippen molar-refractivity contribution in [3.8, 4) is 0 Å². The fraction of sp³-hybridized carbons (Fsp3) is 0.683. The molecule has 1 aromatic carbocycles. The maximum absolute atomic E-state index is 14.5. The van der Waals surface area contributed by atoms with Crippen LogP contribution >= 0.6 is 0 Å². The minimum atomic E-state index is -1.58. The molecule has 1 heterocycles. The fourth-order valence-electron chi connectivity index (χ4n) is 10.6. The van der Waals surface area contributed by atoms with Gasteiger partial charge in [0, 0.05) is 55.8 Å². The van der Waals surface area contributed by atoms with Gasteiger partial charge in [0.1, 0.15) is 23.7 Å². The standard InChI is InChI=1S/C63H97N7O15/c1-13-34(7)45(30-47(73)46(24-25-51(64)77)65-58(80)42(32-71)28-49(75)52(35(8)14-2)66-57(79)41(17-5)27-40-22-20-19-21-23-40)60(82)67-53(36(9)15-3)50(76)29-43(33-72)59(81)68-55-39(12)85-61(83)54(37(10)16-4)69-62(84)63(31-44(63)18-6)70-56(78)38(11)26-48(55)74/h18-23,34-39,41-46,52-55,71-72H,6,13-17,24-33H2,1-5,7-12H3,(H2,64,77)(H,65,80)(H,66,79)(H,67,82)(H,68,81)(H,69,84)(H,70,78)/t34-,35-,36-,37-,38+,39-,41+,42-,43-,44?,45+,46+,52-,53-,54-,55+,63?/m0/s1. The number of nitrogens with two attached hydrogens (primary N) is 1. The summed E-state index contributed by atoms with van der Waals surface area (Å²) < 4.78 is 5.78. The maximum Gasteiger partial charge on any atom is 0.329 e. The van der Waals surface area contributed by atoms with E-state index in [1.807, 2.05) is 44.2 Å². The van der Waals surface area contributed by atoms with E-state index < -0.39 is 199 Å². The molecular formula is C63H97N7O15. The Morgan fingerprint density at radius 2 is 1.26 bits per heavy atom. The molecule has 2 unspecified atom stereocenters. The Balaban J connectivity index is 1.85. The molecule has 3 rings (SSSR count). The summed E-state index contributed by atoms with van der Waals surface area (Å²) in [5.74, 6) is -16.3. The van der Waals surface area contributed by atoms with Crippen molar-refractivity contribution in [2.45, 2.75) is 201 Å². The summed E-state index contributed by atoms with van der Waals surface area (Å²) in [6, 6.07) is 2.95. The molecule has 0 radical (unpaired) electrons. The van der Waals surface area contributed by atoms with Crippen LogP contribution in [0.3, 0.4) is 0 Å². The smallest absolute Gasteiger partial charge is 0.329 e. The lowest BCUT2D eigenvalue weighted by Gasteiger charge is -2.30. The molecule has 17 atom stereocenters. The number of aliphatic hydroxyl groups is 2. The van der Waals surface area contributed by atoms with Crippen molar-refractivity contribution in [3.63, 3.8) is 0 Å². The zero-order valence-electron chi connectivity index (χ0n) is 51.8. The van der Waals surface area contributed by atoms with Crippen molar-refractivity contribution < 1.29 is 72.5 Å². The Hall–Kier alpha value is -6.68. The number of esters is 1. The van der Waals surface area contributed by atoms with Gasteiger partial charge in [-0.1, -0.05) is 131 Å². The second-order valence-electron chi connectivity index (χ2n) is 23.9. The number of aliphatic hydroxyl groups excluding tert-OH is 2. The highest BCUT2D eigenvalue weighted by Gasteiger charge is 2.61. The third kappa shape index (κ3) is 20.5. The molecule has 7 amide bonds. The van der Waals surface area contributed by atoms with Crippen LogP contribution in [0, 0.1) is 59.2 Å². The monoisotopic (exact) mass is 1190 g/mol. The van der Waals surface area contributed by atoms with Gasteiger partial charge in [0.05, 0.1) is 43.2 Å². The summed E-state index contributed by atoms with van der Waals surface area (Å²) >= 11 is 0. The Bertz CT molecular complexity index is 2530. The average molecular weight is 1190 g/mol. The second-order valence-corrected chi connectivity index (χ2v) is 23.9. The van der Waals surface area contributed by atoms with Crippen LogP contribution in [0.15, 0.2) is 43.0 Å². The topological polar surface area (TPSA) is 353 Å². The molecule has 2 fully saturated rings. The Morgan fingerprint density at radius 3 is 1.75 bits per heavy atom. The predicted molar refractivity (Wildman–Crippen MR) is 317 cm³/mol. The maximum atomic E-state index is 14.5. The third-order valence-electron chi connectivity index (χ3n) is 17.6. The highest BCUT2D eigenvalue weighted by atomic mass is 16.5. The van der Waals surface area contributed by atoms with Crippen LogP contribution < -0.4 is 37.6 Å². The van der Waals surface area contributed by atoms with E-state index in [9.17, 15) is 67.7 Å². The minimum absolute atomic E-state index is 0.217. The largest absolute Gasteiger partial charge is 0.458 e. The summed E-state index contributed by atoms with van der Waals surface area (Å²) in [6.45, 7) is 20.8. The SMILES string of the molecule is C=CC1CC12NC(=O)[C@H](C)CC(=O)[C@H](NC(=O)[C@H](CO)CC(=O)[C@@H](NC(=O)[C@H](CC(=O)[C@@H](CCC(N)=O)NC(=O)[C@H](CO)CC(=O)[C@@H](NC(=O)[C@H](CC)Cc1ccccc1)[C@@H](C)CC)[C@@H](C)CC)[C@@H](C)CC)[C@H](C)OC(=O)[C@H]([C@@H](C)CC)NC2=O. The number of primary amides is 1. The van der Waals surface area contributed by atoms with Crippen LogP contribution in [0.2, 0.25) is 0 Å². The first-order valence-corrected chi connectivity index (χ1v) is 30.4. The zero-order valence-corrected chi connectivity index (χ0v) is 51.8. The van der Waals surface area contributed by atoms with Gasteiger partial charge in [-0.3, -0.25) is 52.7 Å². The summed E-state index contributed by atoms with van der Waals surface area (Å²) in [6.07, 6.45) is 0.163. The summed E-state index contributed by atoms with van der Waals surface area (Å²) in [5, 5.41) is 37.4. The van der Waals surface area contributed by atoms with Crippen molar-refractivity contribution in [2.24, 2.45) is 64.9 Å². The highest BCUT2D eigenvalue weighted by molar-refractivity contribution is 6.01. The lowest BCUT2D eigenvalue weighted by molar-refractivity contribution is -0.157. The minimum Gasteiger partial charge on any atom is -0.458 e. The van der Waals surface area contributed by atoms with Crippen LogP contribution in [0.4, 0.5) is 0 Å². The number of rotatable bonds is 34. The molecule has 1 saturated carbocycles. The molecule has 85 heavy (non-hydrogen) atoms. The lowest BCUT2D eigenvalue weighted by Crippen LogP contribution is -2.57. The summed E-state index contributed by atoms with van der Waals surface area (Å²) in [7, 11) is 0. The van der Waals surface area contributed by atoms with Crippen molar-refractivity contribution >= 4 is 70.5 Å². The van der Waals surface area contributed by atoms with Gasteiger partial charge >= 0.3 is 5.97 Å². The van der Waals surface area contributed by atoms with E-state index >= 15 is 0 Å². The van der Waals surface area contributed by atoms with Crippen molar-refractivity contribution in [1.82, 2.24) is 31.9 Å². The molecule has 1 spiro atoms. The summed E-state index contributed by atoms with van der Waals surface area (Å²) in [4.78, 5) is 166. The Kier molecular flexibility index (Phi) is 29.4. The quantitative estimate of drug-likeness (QED) is 0.0353.